The van der Waals surface area contributed by atoms with Crippen molar-refractivity contribution in [1.29, 1.82) is 0 Å². The Kier molecular flexibility index (Phi) is 7.30. The van der Waals surface area contributed by atoms with E-state index in [-0.39, 0.29) is 29.7 Å². The van der Waals surface area contributed by atoms with E-state index < -0.39 is 0 Å². The maximum Gasteiger partial charge on any atom is 0.317 e. The molecule has 0 aromatic carbocycles. The number of thiophene rings is 1. The van der Waals surface area contributed by atoms with Crippen molar-refractivity contribution in [3.05, 3.63) is 22.4 Å². The van der Waals surface area contributed by atoms with Crippen molar-refractivity contribution in [1.82, 2.24) is 15.1 Å². The first-order chi connectivity index (χ1) is 13.6. The van der Waals surface area contributed by atoms with Gasteiger partial charge in [0.25, 0.3) is 0 Å². The molecule has 28 heavy (non-hydrogen) atoms. The van der Waals surface area contributed by atoms with E-state index in [4.69, 9.17) is 4.74 Å². The number of nitrogens with zero attached hydrogens (tertiary/aromatic N) is 2. The second-order valence-corrected chi connectivity index (χ2v) is 8.41. The summed E-state index contributed by atoms with van der Waals surface area (Å²) in [5.74, 6) is -0.297. The van der Waals surface area contributed by atoms with Gasteiger partial charge in [-0.25, -0.2) is 4.79 Å². The predicted molar refractivity (Wildman–Crippen MR) is 107 cm³/mol. The van der Waals surface area contributed by atoms with Crippen LogP contribution in [0.2, 0.25) is 0 Å². The lowest BCUT2D eigenvalue weighted by Gasteiger charge is -2.37. The minimum Gasteiger partial charge on any atom is -0.466 e. The molecule has 0 spiro atoms. The fourth-order valence-corrected chi connectivity index (χ4v) is 4.55. The van der Waals surface area contributed by atoms with Crippen LogP contribution < -0.4 is 5.32 Å². The third kappa shape index (κ3) is 5.25. The summed E-state index contributed by atoms with van der Waals surface area (Å²) in [5.41, 5.74) is 0. The van der Waals surface area contributed by atoms with Crippen LogP contribution in [-0.2, 0) is 20.9 Å². The number of piperidine rings is 2. The largest absolute Gasteiger partial charge is 0.466 e. The molecular formula is C20H29N3O4S. The molecular weight excluding hydrogens is 378 g/mol. The molecule has 2 aliphatic heterocycles. The maximum atomic E-state index is 12.9. The molecule has 2 saturated heterocycles. The van der Waals surface area contributed by atoms with Crippen LogP contribution in [0.5, 0.6) is 0 Å². The standard InChI is InChI=1S/C20H29N3O4S/c1-2-27-19(25)15-7-10-22(11-8-15)18(24)16-5-3-9-23(14-16)20(26)21-13-17-6-4-12-28-17/h4,6,12,15-16H,2-3,5,7-11,13-14H2,1H3,(H,21,26). The van der Waals surface area contributed by atoms with Gasteiger partial charge in [0.15, 0.2) is 0 Å². The number of nitrogens with one attached hydrogen (secondary N) is 1. The minimum absolute atomic E-state index is 0.102. The molecule has 154 valence electrons. The van der Waals surface area contributed by atoms with E-state index in [0.717, 1.165) is 17.7 Å². The van der Waals surface area contributed by atoms with Crippen molar-refractivity contribution in [2.75, 3.05) is 32.8 Å². The lowest BCUT2D eigenvalue weighted by Crippen LogP contribution is -2.51. The topological polar surface area (TPSA) is 79.0 Å². The lowest BCUT2D eigenvalue weighted by molar-refractivity contribution is -0.152. The van der Waals surface area contributed by atoms with Gasteiger partial charge in [0.05, 0.1) is 25.0 Å². The van der Waals surface area contributed by atoms with Crippen LogP contribution in [0, 0.1) is 11.8 Å². The van der Waals surface area contributed by atoms with E-state index in [2.05, 4.69) is 5.32 Å². The zero-order valence-corrected chi connectivity index (χ0v) is 17.2. The molecule has 8 heteroatoms. The van der Waals surface area contributed by atoms with Gasteiger partial charge in [-0.1, -0.05) is 6.07 Å². The molecule has 1 aromatic heterocycles. The van der Waals surface area contributed by atoms with Crippen molar-refractivity contribution >= 4 is 29.2 Å². The molecule has 1 unspecified atom stereocenters. The Labute approximate surface area is 170 Å². The first kappa shape index (κ1) is 20.6. The molecule has 0 aliphatic carbocycles. The smallest absolute Gasteiger partial charge is 0.317 e. The lowest BCUT2D eigenvalue weighted by atomic mass is 9.93. The average Bonchev–Trinajstić information content (AvgIpc) is 3.25. The summed E-state index contributed by atoms with van der Waals surface area (Å²) in [5, 5.41) is 4.93. The second-order valence-electron chi connectivity index (χ2n) is 7.37. The molecule has 0 radical (unpaired) electrons. The van der Waals surface area contributed by atoms with Crippen molar-refractivity contribution in [2.45, 2.75) is 39.2 Å². The van der Waals surface area contributed by atoms with Crippen molar-refractivity contribution < 1.29 is 19.1 Å². The van der Waals surface area contributed by atoms with Gasteiger partial charge in [-0.15, -0.1) is 11.3 Å². The normalized spacial score (nSPS) is 20.7. The molecule has 1 atom stereocenters. The van der Waals surface area contributed by atoms with Gasteiger partial charge >= 0.3 is 12.0 Å². The number of rotatable bonds is 5. The van der Waals surface area contributed by atoms with Crippen LogP contribution in [-0.4, -0.2) is 60.5 Å². The van der Waals surface area contributed by atoms with Gasteiger partial charge in [0.1, 0.15) is 0 Å². The molecule has 3 amide bonds. The summed E-state index contributed by atoms with van der Waals surface area (Å²) < 4.78 is 5.09. The van der Waals surface area contributed by atoms with E-state index in [1.165, 1.54) is 0 Å². The monoisotopic (exact) mass is 407 g/mol. The summed E-state index contributed by atoms with van der Waals surface area (Å²) in [6, 6.07) is 3.85. The molecule has 3 rings (SSSR count). The summed E-state index contributed by atoms with van der Waals surface area (Å²) >= 11 is 1.61. The van der Waals surface area contributed by atoms with Crippen LogP contribution >= 0.6 is 11.3 Å². The van der Waals surface area contributed by atoms with Crippen molar-refractivity contribution in [3.63, 3.8) is 0 Å². The highest BCUT2D eigenvalue weighted by molar-refractivity contribution is 7.09. The molecule has 0 saturated carbocycles. The Morgan fingerprint density at radius 1 is 1.14 bits per heavy atom. The molecule has 1 aromatic rings. The zero-order chi connectivity index (χ0) is 19.9. The van der Waals surface area contributed by atoms with Gasteiger partial charge in [-0.2, -0.15) is 0 Å². The second kappa shape index (κ2) is 9.91. The number of esters is 1. The third-order valence-electron chi connectivity index (χ3n) is 5.48. The van der Waals surface area contributed by atoms with Crippen LogP contribution in [0.1, 0.15) is 37.5 Å². The summed E-state index contributed by atoms with van der Waals surface area (Å²) in [7, 11) is 0. The Bertz CT molecular complexity index is 671. The Morgan fingerprint density at radius 3 is 2.61 bits per heavy atom. The minimum atomic E-state index is -0.152. The third-order valence-corrected chi connectivity index (χ3v) is 6.35. The highest BCUT2D eigenvalue weighted by Crippen LogP contribution is 2.24. The number of amides is 3. The van der Waals surface area contributed by atoms with Crippen molar-refractivity contribution in [3.8, 4) is 0 Å². The number of hydrogen-bond donors (Lipinski definition) is 1. The van der Waals surface area contributed by atoms with Gasteiger partial charge < -0.3 is 19.9 Å². The molecule has 7 nitrogen and oxygen atoms in total. The van der Waals surface area contributed by atoms with E-state index in [1.807, 2.05) is 29.3 Å². The molecule has 2 fully saturated rings. The van der Waals surface area contributed by atoms with Crippen LogP contribution in [0.4, 0.5) is 4.79 Å². The Balaban J connectivity index is 1.46. The van der Waals surface area contributed by atoms with Gasteiger partial charge in [0, 0.05) is 31.1 Å². The Hall–Kier alpha value is -2.09. The van der Waals surface area contributed by atoms with Crippen LogP contribution in [0.3, 0.4) is 0 Å². The number of ether oxygens (including phenoxy) is 1. The van der Waals surface area contributed by atoms with E-state index in [1.54, 1.807) is 16.2 Å². The SMILES string of the molecule is CCOC(=O)C1CCN(C(=O)C2CCCN(C(=O)NCc3cccs3)C2)CC1. The van der Waals surface area contributed by atoms with Gasteiger partial charge in [-0.05, 0) is 44.1 Å². The summed E-state index contributed by atoms with van der Waals surface area (Å²) in [4.78, 5) is 42.0. The van der Waals surface area contributed by atoms with E-state index in [0.29, 0.717) is 52.2 Å². The molecule has 1 N–H and O–H groups in total. The zero-order valence-electron chi connectivity index (χ0n) is 16.4. The molecule has 0 bridgehead atoms. The number of carbonyl (C=O) groups excluding carboxylic acids is 3. The summed E-state index contributed by atoms with van der Waals surface area (Å²) in [6.07, 6.45) is 2.96. The quantitative estimate of drug-likeness (QED) is 0.761. The van der Waals surface area contributed by atoms with E-state index >= 15 is 0 Å². The number of carbonyl (C=O) groups is 3. The number of hydrogen-bond acceptors (Lipinski definition) is 5. The maximum absolute atomic E-state index is 12.9. The fraction of sp³-hybridized carbons (Fsp3) is 0.650. The van der Waals surface area contributed by atoms with Gasteiger partial charge in [0.2, 0.25) is 5.91 Å². The van der Waals surface area contributed by atoms with Crippen LogP contribution in [0.25, 0.3) is 0 Å². The Morgan fingerprint density at radius 2 is 1.93 bits per heavy atom. The average molecular weight is 408 g/mol. The highest BCUT2D eigenvalue weighted by atomic mass is 32.1. The first-order valence-electron chi connectivity index (χ1n) is 10.1. The fourth-order valence-electron chi connectivity index (χ4n) is 3.90. The highest BCUT2D eigenvalue weighted by Gasteiger charge is 2.34. The number of urea groups is 1. The van der Waals surface area contributed by atoms with Crippen LogP contribution in [0.15, 0.2) is 17.5 Å². The first-order valence-corrected chi connectivity index (χ1v) is 11.0. The van der Waals surface area contributed by atoms with E-state index in [9.17, 15) is 14.4 Å². The predicted octanol–water partition coefficient (Wildman–Crippen LogP) is 2.47. The molecule has 2 aliphatic rings. The number of likely N-dealkylation sites (tertiary alicyclic amines) is 2. The molecule has 3 heterocycles. The van der Waals surface area contributed by atoms with Gasteiger partial charge in [-0.3, -0.25) is 9.59 Å². The van der Waals surface area contributed by atoms with Crippen molar-refractivity contribution in [2.24, 2.45) is 11.8 Å². The summed E-state index contributed by atoms with van der Waals surface area (Å²) in [6.45, 7) is 5.05.